The highest BCUT2D eigenvalue weighted by Crippen LogP contribution is 2.29. The van der Waals surface area contributed by atoms with E-state index in [0.29, 0.717) is 11.8 Å². The van der Waals surface area contributed by atoms with Crippen LogP contribution in [0.1, 0.15) is 33.6 Å². The SMILES string of the molecule is CC#CC1(O)C=CC(C(C)C)CC1. The zero-order valence-corrected chi connectivity index (χ0v) is 8.67. The molecule has 1 N–H and O–H groups in total. The van der Waals surface area contributed by atoms with Gasteiger partial charge in [0.15, 0.2) is 0 Å². The molecule has 0 saturated carbocycles. The number of aliphatic hydroxyl groups is 1. The van der Waals surface area contributed by atoms with E-state index in [1.54, 1.807) is 6.92 Å². The lowest BCUT2D eigenvalue weighted by molar-refractivity contribution is 0.123. The first-order valence-electron chi connectivity index (χ1n) is 4.93. The normalized spacial score (nSPS) is 32.8. The zero-order valence-electron chi connectivity index (χ0n) is 8.67. The first-order valence-corrected chi connectivity index (χ1v) is 4.93. The Kier molecular flexibility index (Phi) is 3.17. The Hall–Kier alpha value is -0.740. The fourth-order valence-corrected chi connectivity index (χ4v) is 1.73. The average molecular weight is 178 g/mol. The third-order valence-electron chi connectivity index (χ3n) is 2.68. The lowest BCUT2D eigenvalue weighted by atomic mass is 9.80. The van der Waals surface area contributed by atoms with Crippen LogP contribution in [0.2, 0.25) is 0 Å². The Bertz CT molecular complexity index is 254. The summed E-state index contributed by atoms with van der Waals surface area (Å²) in [6.45, 7) is 6.19. The number of allylic oxidation sites excluding steroid dienone is 1. The largest absolute Gasteiger partial charge is 0.374 e. The Morgan fingerprint density at radius 3 is 2.62 bits per heavy atom. The van der Waals surface area contributed by atoms with Crippen molar-refractivity contribution in [3.8, 4) is 11.8 Å². The maximum Gasteiger partial charge on any atom is 0.144 e. The van der Waals surface area contributed by atoms with Crippen LogP contribution < -0.4 is 0 Å². The molecule has 0 spiro atoms. The molecule has 0 fully saturated rings. The highest BCUT2D eigenvalue weighted by molar-refractivity contribution is 5.24. The summed E-state index contributed by atoms with van der Waals surface area (Å²) < 4.78 is 0. The van der Waals surface area contributed by atoms with Crippen molar-refractivity contribution in [2.24, 2.45) is 11.8 Å². The van der Waals surface area contributed by atoms with Crippen molar-refractivity contribution < 1.29 is 5.11 Å². The summed E-state index contributed by atoms with van der Waals surface area (Å²) in [4.78, 5) is 0. The minimum absolute atomic E-state index is 0.610. The molecule has 2 unspecified atom stereocenters. The second-order valence-corrected chi connectivity index (χ2v) is 4.10. The van der Waals surface area contributed by atoms with Crippen LogP contribution in [0.25, 0.3) is 0 Å². The molecule has 0 aromatic rings. The molecule has 2 atom stereocenters. The van der Waals surface area contributed by atoms with Gasteiger partial charge in [0.05, 0.1) is 0 Å². The molecule has 1 aliphatic carbocycles. The van der Waals surface area contributed by atoms with Crippen LogP contribution >= 0.6 is 0 Å². The number of rotatable bonds is 1. The Labute approximate surface area is 80.9 Å². The summed E-state index contributed by atoms with van der Waals surface area (Å²) in [6.07, 6.45) is 5.78. The lowest BCUT2D eigenvalue weighted by Crippen LogP contribution is -2.29. The maximum absolute atomic E-state index is 9.91. The molecule has 72 valence electrons. The van der Waals surface area contributed by atoms with Gasteiger partial charge in [0.2, 0.25) is 0 Å². The molecular weight excluding hydrogens is 160 g/mol. The van der Waals surface area contributed by atoms with E-state index >= 15 is 0 Å². The topological polar surface area (TPSA) is 20.2 Å². The van der Waals surface area contributed by atoms with Gasteiger partial charge in [-0.1, -0.05) is 25.8 Å². The van der Waals surface area contributed by atoms with Gasteiger partial charge in [-0.25, -0.2) is 0 Å². The van der Waals surface area contributed by atoms with Crippen molar-refractivity contribution >= 4 is 0 Å². The fourth-order valence-electron chi connectivity index (χ4n) is 1.73. The molecule has 0 aromatic heterocycles. The minimum Gasteiger partial charge on any atom is -0.374 e. The van der Waals surface area contributed by atoms with Crippen molar-refractivity contribution in [2.75, 3.05) is 0 Å². The highest BCUT2D eigenvalue weighted by Gasteiger charge is 2.27. The predicted octanol–water partition coefficient (Wildman–Crippen LogP) is 2.36. The van der Waals surface area contributed by atoms with Crippen molar-refractivity contribution in [3.05, 3.63) is 12.2 Å². The molecule has 0 bridgehead atoms. The van der Waals surface area contributed by atoms with Crippen LogP contribution in [0, 0.1) is 23.7 Å². The summed E-state index contributed by atoms with van der Waals surface area (Å²) in [5.41, 5.74) is -0.847. The smallest absolute Gasteiger partial charge is 0.144 e. The molecule has 0 radical (unpaired) electrons. The Balaban J connectivity index is 2.69. The molecule has 1 nitrogen and oxygen atoms in total. The van der Waals surface area contributed by atoms with E-state index in [4.69, 9.17) is 0 Å². The van der Waals surface area contributed by atoms with Crippen LogP contribution in [0.4, 0.5) is 0 Å². The summed E-state index contributed by atoms with van der Waals surface area (Å²) >= 11 is 0. The van der Waals surface area contributed by atoms with Gasteiger partial charge in [-0.3, -0.25) is 0 Å². The van der Waals surface area contributed by atoms with E-state index < -0.39 is 5.60 Å². The van der Waals surface area contributed by atoms with E-state index in [2.05, 4.69) is 31.8 Å². The molecule has 0 heterocycles. The van der Waals surface area contributed by atoms with Gasteiger partial charge in [-0.2, -0.15) is 0 Å². The van der Waals surface area contributed by atoms with Gasteiger partial charge in [0, 0.05) is 0 Å². The molecule has 0 saturated heterocycles. The van der Waals surface area contributed by atoms with E-state index in [9.17, 15) is 5.11 Å². The van der Waals surface area contributed by atoms with Gasteiger partial charge in [-0.15, -0.1) is 5.92 Å². The van der Waals surface area contributed by atoms with Crippen LogP contribution in [0.15, 0.2) is 12.2 Å². The Morgan fingerprint density at radius 1 is 1.54 bits per heavy atom. The highest BCUT2D eigenvalue weighted by atomic mass is 16.3. The zero-order chi connectivity index (χ0) is 9.90. The van der Waals surface area contributed by atoms with Crippen molar-refractivity contribution in [3.63, 3.8) is 0 Å². The lowest BCUT2D eigenvalue weighted by Gasteiger charge is -2.28. The standard InChI is InChI=1S/C12H18O/c1-4-7-12(13)8-5-11(6-9-12)10(2)3/h5,8,10-11,13H,6,9H2,1-3H3. The van der Waals surface area contributed by atoms with E-state index in [0.717, 1.165) is 12.8 Å². The summed E-state index contributed by atoms with van der Waals surface area (Å²) in [5.74, 6) is 6.88. The van der Waals surface area contributed by atoms with E-state index in [1.165, 1.54) is 0 Å². The predicted molar refractivity (Wildman–Crippen MR) is 55.1 cm³/mol. The van der Waals surface area contributed by atoms with Crippen LogP contribution in [0.3, 0.4) is 0 Å². The summed E-state index contributed by atoms with van der Waals surface area (Å²) in [5, 5.41) is 9.91. The first-order chi connectivity index (χ1) is 6.07. The third-order valence-corrected chi connectivity index (χ3v) is 2.68. The van der Waals surface area contributed by atoms with Gasteiger partial charge in [0.25, 0.3) is 0 Å². The first kappa shape index (κ1) is 10.3. The molecule has 1 aliphatic rings. The molecule has 0 aliphatic heterocycles. The van der Waals surface area contributed by atoms with E-state index in [1.807, 2.05) is 6.08 Å². The summed E-state index contributed by atoms with van der Waals surface area (Å²) in [7, 11) is 0. The molecular formula is C12H18O. The summed E-state index contributed by atoms with van der Waals surface area (Å²) in [6, 6.07) is 0. The minimum atomic E-state index is -0.847. The van der Waals surface area contributed by atoms with E-state index in [-0.39, 0.29) is 0 Å². The maximum atomic E-state index is 9.91. The van der Waals surface area contributed by atoms with Crippen molar-refractivity contribution in [1.29, 1.82) is 0 Å². The Morgan fingerprint density at radius 2 is 2.23 bits per heavy atom. The van der Waals surface area contributed by atoms with Crippen LogP contribution in [-0.2, 0) is 0 Å². The average Bonchev–Trinajstić information content (AvgIpc) is 2.05. The van der Waals surface area contributed by atoms with Crippen molar-refractivity contribution in [1.82, 2.24) is 0 Å². The molecule has 0 aromatic carbocycles. The molecule has 1 rings (SSSR count). The molecule has 1 heteroatoms. The second-order valence-electron chi connectivity index (χ2n) is 4.10. The monoisotopic (exact) mass is 178 g/mol. The molecule has 13 heavy (non-hydrogen) atoms. The van der Waals surface area contributed by atoms with Gasteiger partial charge >= 0.3 is 0 Å². The van der Waals surface area contributed by atoms with Crippen molar-refractivity contribution in [2.45, 2.75) is 39.2 Å². The third kappa shape index (κ3) is 2.60. The van der Waals surface area contributed by atoms with Crippen LogP contribution in [0.5, 0.6) is 0 Å². The van der Waals surface area contributed by atoms with Gasteiger partial charge < -0.3 is 5.11 Å². The van der Waals surface area contributed by atoms with Crippen LogP contribution in [-0.4, -0.2) is 10.7 Å². The van der Waals surface area contributed by atoms with Gasteiger partial charge in [-0.05, 0) is 37.7 Å². The fraction of sp³-hybridized carbons (Fsp3) is 0.667. The molecule has 0 amide bonds. The number of hydrogen-bond donors (Lipinski definition) is 1. The quantitative estimate of drug-likeness (QED) is 0.483. The second kappa shape index (κ2) is 3.98. The van der Waals surface area contributed by atoms with Gasteiger partial charge in [0.1, 0.15) is 5.60 Å². The number of hydrogen-bond acceptors (Lipinski definition) is 1.